The highest BCUT2D eigenvalue weighted by atomic mass is 32.2. The van der Waals surface area contributed by atoms with Crippen LogP contribution in [0.5, 0.6) is 0 Å². The smallest absolute Gasteiger partial charge is 0.221 e. The van der Waals surface area contributed by atoms with Gasteiger partial charge in [0.25, 0.3) is 0 Å². The van der Waals surface area contributed by atoms with Gasteiger partial charge in [-0.25, -0.2) is 0 Å². The first-order valence-corrected chi connectivity index (χ1v) is 6.75. The molecule has 0 aliphatic heterocycles. The molecule has 0 radical (unpaired) electrons. The molecule has 0 saturated carbocycles. The average molecular weight is 283 g/mol. The van der Waals surface area contributed by atoms with E-state index in [1.54, 1.807) is 30.0 Å². The molecule has 0 heterocycles. The number of nitriles is 1. The van der Waals surface area contributed by atoms with Crippen LogP contribution in [0.2, 0.25) is 0 Å². The Bertz CT molecular complexity index is 675. The summed E-state index contributed by atoms with van der Waals surface area (Å²) in [6.45, 7) is 1.44. The van der Waals surface area contributed by atoms with Crippen molar-refractivity contribution < 1.29 is 4.79 Å². The van der Waals surface area contributed by atoms with E-state index in [0.717, 1.165) is 9.79 Å². The summed E-state index contributed by atoms with van der Waals surface area (Å²) < 4.78 is 0. The monoisotopic (exact) mass is 283 g/mol. The van der Waals surface area contributed by atoms with E-state index in [-0.39, 0.29) is 5.91 Å². The molecule has 0 bridgehead atoms. The second kappa shape index (κ2) is 6.13. The Morgan fingerprint density at radius 2 is 1.85 bits per heavy atom. The van der Waals surface area contributed by atoms with Gasteiger partial charge in [0.1, 0.15) is 0 Å². The van der Waals surface area contributed by atoms with E-state index in [2.05, 4.69) is 11.4 Å². The van der Waals surface area contributed by atoms with Gasteiger partial charge in [-0.1, -0.05) is 11.8 Å². The second-order valence-corrected chi connectivity index (χ2v) is 5.32. The molecule has 100 valence electrons. The molecule has 2 rings (SSSR count). The molecule has 0 aliphatic carbocycles. The highest BCUT2D eigenvalue weighted by Crippen LogP contribution is 2.32. The number of amides is 1. The van der Waals surface area contributed by atoms with Crippen molar-refractivity contribution in [2.24, 2.45) is 0 Å². The summed E-state index contributed by atoms with van der Waals surface area (Å²) >= 11 is 1.54. The summed E-state index contributed by atoms with van der Waals surface area (Å²) in [5.74, 6) is -0.155. The van der Waals surface area contributed by atoms with E-state index in [1.165, 1.54) is 6.92 Å². The van der Waals surface area contributed by atoms with Crippen molar-refractivity contribution in [2.75, 3.05) is 11.1 Å². The lowest BCUT2D eigenvalue weighted by Crippen LogP contribution is -2.07. The van der Waals surface area contributed by atoms with Gasteiger partial charge in [-0.05, 0) is 42.5 Å². The maximum absolute atomic E-state index is 11.1. The molecule has 0 fully saturated rings. The van der Waals surface area contributed by atoms with Gasteiger partial charge in [-0.2, -0.15) is 5.26 Å². The van der Waals surface area contributed by atoms with E-state index >= 15 is 0 Å². The maximum atomic E-state index is 11.1. The predicted octanol–water partition coefficient (Wildman–Crippen LogP) is 3.25. The lowest BCUT2D eigenvalue weighted by Gasteiger charge is -2.09. The van der Waals surface area contributed by atoms with Crippen molar-refractivity contribution in [3.63, 3.8) is 0 Å². The van der Waals surface area contributed by atoms with Gasteiger partial charge in [0.15, 0.2) is 0 Å². The number of hydrogen-bond acceptors (Lipinski definition) is 4. The maximum Gasteiger partial charge on any atom is 0.221 e. The second-order valence-electron chi connectivity index (χ2n) is 4.17. The fourth-order valence-corrected chi connectivity index (χ4v) is 2.49. The van der Waals surface area contributed by atoms with Gasteiger partial charge >= 0.3 is 0 Å². The first-order chi connectivity index (χ1) is 9.58. The molecule has 2 aromatic rings. The van der Waals surface area contributed by atoms with E-state index < -0.39 is 0 Å². The molecule has 0 spiro atoms. The van der Waals surface area contributed by atoms with Crippen LogP contribution in [0, 0.1) is 11.3 Å². The van der Waals surface area contributed by atoms with Crippen molar-refractivity contribution in [3.8, 4) is 6.07 Å². The lowest BCUT2D eigenvalue weighted by molar-refractivity contribution is -0.114. The van der Waals surface area contributed by atoms with Gasteiger partial charge in [0, 0.05) is 16.7 Å². The highest BCUT2D eigenvalue weighted by molar-refractivity contribution is 7.99. The number of hydrogen-bond donors (Lipinski definition) is 2. The Kier molecular flexibility index (Phi) is 4.28. The van der Waals surface area contributed by atoms with Gasteiger partial charge < -0.3 is 11.1 Å². The normalized spacial score (nSPS) is 9.80. The highest BCUT2D eigenvalue weighted by Gasteiger charge is 2.04. The minimum absolute atomic E-state index is 0.155. The molecule has 0 aromatic heterocycles. The zero-order valence-electron chi connectivity index (χ0n) is 10.9. The number of carbonyl (C=O) groups excluding carboxylic acids is 1. The Morgan fingerprint density at radius 3 is 2.45 bits per heavy atom. The Hall–Kier alpha value is -2.45. The zero-order valence-corrected chi connectivity index (χ0v) is 11.7. The molecule has 2 aromatic carbocycles. The van der Waals surface area contributed by atoms with E-state index in [4.69, 9.17) is 11.0 Å². The number of carbonyl (C=O) groups is 1. The van der Waals surface area contributed by atoms with Crippen LogP contribution < -0.4 is 11.1 Å². The van der Waals surface area contributed by atoms with Crippen LogP contribution in [0.4, 0.5) is 11.4 Å². The molecule has 5 heteroatoms. The molecule has 4 nitrogen and oxygen atoms in total. The van der Waals surface area contributed by atoms with Crippen LogP contribution in [0.15, 0.2) is 52.3 Å². The largest absolute Gasteiger partial charge is 0.397 e. The summed E-state index contributed by atoms with van der Waals surface area (Å²) in [6, 6.07) is 14.9. The number of benzene rings is 2. The van der Waals surface area contributed by atoms with Crippen molar-refractivity contribution in [1.29, 1.82) is 5.26 Å². The summed E-state index contributed by atoms with van der Waals surface area (Å²) in [6.07, 6.45) is 0. The number of nitrogens with zero attached hydrogens (tertiary/aromatic N) is 1. The van der Waals surface area contributed by atoms with Crippen LogP contribution >= 0.6 is 11.8 Å². The third-order valence-electron chi connectivity index (χ3n) is 2.55. The summed E-state index contributed by atoms with van der Waals surface area (Å²) in [7, 11) is 0. The molecule has 0 saturated heterocycles. The minimum atomic E-state index is -0.155. The lowest BCUT2D eigenvalue weighted by atomic mass is 10.2. The SMILES string of the molecule is CC(=O)Nc1cc(Sc2ccc(C#N)cc2)ccc1N. The van der Waals surface area contributed by atoms with Crippen LogP contribution in [0.1, 0.15) is 12.5 Å². The first-order valence-electron chi connectivity index (χ1n) is 5.93. The summed E-state index contributed by atoms with van der Waals surface area (Å²) in [5, 5.41) is 11.5. The standard InChI is InChI=1S/C15H13N3OS/c1-10(19)18-15-8-13(6-7-14(15)17)20-12-4-2-11(9-16)3-5-12/h2-8H,17H2,1H3,(H,18,19). The fourth-order valence-electron chi connectivity index (χ4n) is 1.63. The molecule has 3 N–H and O–H groups in total. The summed E-state index contributed by atoms with van der Waals surface area (Å²) in [5.41, 5.74) is 7.58. The molecular formula is C15H13N3OS. The average Bonchev–Trinajstić information content (AvgIpc) is 2.43. The quantitative estimate of drug-likeness (QED) is 0.847. The number of nitrogen functional groups attached to an aromatic ring is 1. The van der Waals surface area contributed by atoms with E-state index in [0.29, 0.717) is 16.9 Å². The number of rotatable bonds is 3. The van der Waals surface area contributed by atoms with Crippen LogP contribution in [0.3, 0.4) is 0 Å². The van der Waals surface area contributed by atoms with Crippen LogP contribution in [-0.2, 0) is 4.79 Å². The Labute approximate surface area is 121 Å². The van der Waals surface area contributed by atoms with Crippen LogP contribution in [0.25, 0.3) is 0 Å². The topological polar surface area (TPSA) is 78.9 Å². The predicted molar refractivity (Wildman–Crippen MR) is 80.4 cm³/mol. The molecule has 0 atom stereocenters. The fraction of sp³-hybridized carbons (Fsp3) is 0.0667. The van der Waals surface area contributed by atoms with Crippen molar-refractivity contribution in [2.45, 2.75) is 16.7 Å². The minimum Gasteiger partial charge on any atom is -0.397 e. The van der Waals surface area contributed by atoms with Gasteiger partial charge in [0.2, 0.25) is 5.91 Å². The molecular weight excluding hydrogens is 270 g/mol. The first kappa shape index (κ1) is 14.0. The van der Waals surface area contributed by atoms with Crippen molar-refractivity contribution in [3.05, 3.63) is 48.0 Å². The van der Waals surface area contributed by atoms with Gasteiger partial charge in [0.05, 0.1) is 23.0 Å². The van der Waals surface area contributed by atoms with E-state index in [9.17, 15) is 4.79 Å². The summed E-state index contributed by atoms with van der Waals surface area (Å²) in [4.78, 5) is 13.1. The van der Waals surface area contributed by atoms with Gasteiger partial charge in [-0.3, -0.25) is 4.79 Å². The molecule has 0 aliphatic rings. The zero-order chi connectivity index (χ0) is 14.5. The number of anilines is 2. The third kappa shape index (κ3) is 3.53. The van der Waals surface area contributed by atoms with Crippen molar-refractivity contribution >= 4 is 29.0 Å². The van der Waals surface area contributed by atoms with Gasteiger partial charge in [-0.15, -0.1) is 0 Å². The molecule has 1 amide bonds. The molecule has 20 heavy (non-hydrogen) atoms. The number of nitrogens with one attached hydrogen (secondary N) is 1. The van der Waals surface area contributed by atoms with Crippen molar-refractivity contribution in [1.82, 2.24) is 0 Å². The third-order valence-corrected chi connectivity index (χ3v) is 3.55. The Balaban J connectivity index is 2.20. The van der Waals surface area contributed by atoms with Crippen LogP contribution in [-0.4, -0.2) is 5.91 Å². The number of nitrogens with two attached hydrogens (primary N) is 1. The van der Waals surface area contributed by atoms with E-state index in [1.807, 2.05) is 24.3 Å². The molecule has 0 unspecified atom stereocenters. The Morgan fingerprint density at radius 1 is 1.20 bits per heavy atom.